The van der Waals surface area contributed by atoms with Crippen molar-refractivity contribution >= 4 is 0 Å². The molecule has 2 rings (SSSR count). The minimum atomic E-state index is 0.592. The average Bonchev–Trinajstić information content (AvgIpc) is 2.87. The smallest absolute Gasteiger partial charge is 0.119 e. The van der Waals surface area contributed by atoms with Gasteiger partial charge in [-0.3, -0.25) is 0 Å². The molecule has 0 bridgehead atoms. The number of hydrogen-bond acceptors (Lipinski definition) is 4. The standard InChI is InChI=1S/C15H22N4O/c1-3-7-16-11-14-12-19(18-17-14)8-9-20-15-6-4-5-13(2)10-15/h4-6,10,12,16H,3,7-9,11H2,1-2H3. The van der Waals surface area contributed by atoms with E-state index in [0.717, 1.165) is 31.0 Å². The first-order chi connectivity index (χ1) is 9.78. The summed E-state index contributed by atoms with van der Waals surface area (Å²) >= 11 is 0. The summed E-state index contributed by atoms with van der Waals surface area (Å²) < 4.78 is 7.51. The number of rotatable bonds is 8. The van der Waals surface area contributed by atoms with Gasteiger partial charge in [0.15, 0.2) is 0 Å². The van der Waals surface area contributed by atoms with Gasteiger partial charge in [0.05, 0.1) is 12.2 Å². The Balaban J connectivity index is 1.74. The van der Waals surface area contributed by atoms with Crippen molar-refractivity contribution in [2.45, 2.75) is 33.4 Å². The highest BCUT2D eigenvalue weighted by atomic mass is 16.5. The molecule has 2 aromatic rings. The van der Waals surface area contributed by atoms with Crippen LogP contribution in [0.3, 0.4) is 0 Å². The molecule has 0 radical (unpaired) electrons. The Morgan fingerprint density at radius 1 is 1.35 bits per heavy atom. The second-order valence-electron chi connectivity index (χ2n) is 4.81. The Morgan fingerprint density at radius 2 is 2.25 bits per heavy atom. The monoisotopic (exact) mass is 274 g/mol. The lowest BCUT2D eigenvalue weighted by molar-refractivity contribution is 0.289. The molecule has 20 heavy (non-hydrogen) atoms. The fourth-order valence-corrected chi connectivity index (χ4v) is 1.88. The van der Waals surface area contributed by atoms with Gasteiger partial charge in [0, 0.05) is 12.7 Å². The van der Waals surface area contributed by atoms with E-state index in [1.54, 1.807) is 0 Å². The minimum Gasteiger partial charge on any atom is -0.492 e. The molecule has 5 heteroatoms. The molecular formula is C15H22N4O. The van der Waals surface area contributed by atoms with Crippen molar-refractivity contribution in [2.24, 2.45) is 0 Å². The molecule has 0 aliphatic rings. The van der Waals surface area contributed by atoms with E-state index in [4.69, 9.17) is 4.74 Å². The van der Waals surface area contributed by atoms with E-state index in [1.807, 2.05) is 29.1 Å². The second-order valence-corrected chi connectivity index (χ2v) is 4.81. The summed E-state index contributed by atoms with van der Waals surface area (Å²) in [4.78, 5) is 0. The summed E-state index contributed by atoms with van der Waals surface area (Å²) in [5, 5.41) is 11.5. The lowest BCUT2D eigenvalue weighted by atomic mass is 10.2. The Bertz CT molecular complexity index is 524. The van der Waals surface area contributed by atoms with Crippen LogP contribution in [0.25, 0.3) is 0 Å². The van der Waals surface area contributed by atoms with Crippen LogP contribution in [0.15, 0.2) is 30.5 Å². The zero-order chi connectivity index (χ0) is 14.2. The quantitative estimate of drug-likeness (QED) is 0.750. The van der Waals surface area contributed by atoms with Crippen LogP contribution in [0.5, 0.6) is 5.75 Å². The van der Waals surface area contributed by atoms with Crippen LogP contribution in [0.2, 0.25) is 0 Å². The predicted molar refractivity (Wildman–Crippen MR) is 78.7 cm³/mol. The number of aromatic nitrogens is 3. The minimum absolute atomic E-state index is 0.592. The first kappa shape index (κ1) is 14.5. The van der Waals surface area contributed by atoms with Crippen molar-refractivity contribution < 1.29 is 4.74 Å². The lowest BCUT2D eigenvalue weighted by Gasteiger charge is -2.06. The molecule has 0 saturated carbocycles. The molecule has 5 nitrogen and oxygen atoms in total. The highest BCUT2D eigenvalue weighted by molar-refractivity contribution is 5.27. The van der Waals surface area contributed by atoms with Crippen molar-refractivity contribution in [1.82, 2.24) is 20.3 Å². The van der Waals surface area contributed by atoms with Crippen molar-refractivity contribution in [2.75, 3.05) is 13.2 Å². The van der Waals surface area contributed by atoms with Crippen LogP contribution in [-0.2, 0) is 13.1 Å². The average molecular weight is 274 g/mol. The Kier molecular flexibility index (Phi) is 5.55. The lowest BCUT2D eigenvalue weighted by Crippen LogP contribution is -2.14. The van der Waals surface area contributed by atoms with E-state index in [2.05, 4.69) is 35.5 Å². The summed E-state index contributed by atoms with van der Waals surface area (Å²) in [6, 6.07) is 8.05. The third-order valence-corrected chi connectivity index (χ3v) is 2.90. The molecule has 1 aromatic carbocycles. The number of aryl methyl sites for hydroxylation is 1. The summed E-state index contributed by atoms with van der Waals surface area (Å²) in [6.07, 6.45) is 3.08. The van der Waals surface area contributed by atoms with Crippen molar-refractivity contribution in [3.8, 4) is 5.75 Å². The van der Waals surface area contributed by atoms with E-state index in [0.29, 0.717) is 13.2 Å². The molecule has 0 fully saturated rings. The van der Waals surface area contributed by atoms with Crippen molar-refractivity contribution in [3.05, 3.63) is 41.7 Å². The third-order valence-electron chi connectivity index (χ3n) is 2.90. The van der Waals surface area contributed by atoms with Gasteiger partial charge in [-0.2, -0.15) is 0 Å². The van der Waals surface area contributed by atoms with Crippen LogP contribution < -0.4 is 10.1 Å². The number of hydrogen-bond donors (Lipinski definition) is 1. The second kappa shape index (κ2) is 7.65. The molecular weight excluding hydrogens is 252 g/mol. The number of nitrogens with one attached hydrogen (secondary N) is 1. The summed E-state index contributed by atoms with van der Waals surface area (Å²) in [5.41, 5.74) is 2.17. The molecule has 1 N–H and O–H groups in total. The zero-order valence-corrected chi connectivity index (χ0v) is 12.2. The van der Waals surface area contributed by atoms with Gasteiger partial charge >= 0.3 is 0 Å². The molecule has 0 amide bonds. The maximum Gasteiger partial charge on any atom is 0.119 e. The fourth-order valence-electron chi connectivity index (χ4n) is 1.88. The van der Waals surface area contributed by atoms with Gasteiger partial charge in [0.2, 0.25) is 0 Å². The highest BCUT2D eigenvalue weighted by Gasteiger charge is 2.00. The van der Waals surface area contributed by atoms with Crippen LogP contribution in [-0.4, -0.2) is 28.1 Å². The highest BCUT2D eigenvalue weighted by Crippen LogP contribution is 2.12. The Hall–Kier alpha value is -1.88. The van der Waals surface area contributed by atoms with Crippen molar-refractivity contribution in [3.63, 3.8) is 0 Å². The maximum atomic E-state index is 5.69. The Labute approximate surface area is 120 Å². The van der Waals surface area contributed by atoms with E-state index in [9.17, 15) is 0 Å². The zero-order valence-electron chi connectivity index (χ0n) is 12.2. The summed E-state index contributed by atoms with van der Waals surface area (Å²) in [6.45, 7) is 7.27. The molecule has 108 valence electrons. The SMILES string of the molecule is CCCNCc1cn(CCOc2cccc(C)c2)nn1. The van der Waals surface area contributed by atoms with Gasteiger partial charge in [-0.25, -0.2) is 4.68 Å². The molecule has 0 atom stereocenters. The van der Waals surface area contributed by atoms with E-state index in [1.165, 1.54) is 5.56 Å². The molecule has 0 saturated heterocycles. The van der Waals surface area contributed by atoms with E-state index < -0.39 is 0 Å². The molecule has 0 spiro atoms. The van der Waals surface area contributed by atoms with Crippen LogP contribution in [0.1, 0.15) is 24.6 Å². The van der Waals surface area contributed by atoms with E-state index in [-0.39, 0.29) is 0 Å². The number of nitrogens with zero attached hydrogens (tertiary/aromatic N) is 3. The van der Waals surface area contributed by atoms with Gasteiger partial charge in [-0.05, 0) is 37.6 Å². The fraction of sp³-hybridized carbons (Fsp3) is 0.467. The van der Waals surface area contributed by atoms with Crippen LogP contribution >= 0.6 is 0 Å². The first-order valence-electron chi connectivity index (χ1n) is 7.07. The van der Waals surface area contributed by atoms with Gasteiger partial charge in [0.1, 0.15) is 12.4 Å². The number of ether oxygens (including phenoxy) is 1. The third kappa shape index (κ3) is 4.66. The van der Waals surface area contributed by atoms with Gasteiger partial charge in [-0.15, -0.1) is 5.10 Å². The topological polar surface area (TPSA) is 52.0 Å². The Morgan fingerprint density at radius 3 is 3.05 bits per heavy atom. The summed E-state index contributed by atoms with van der Waals surface area (Å²) in [5.74, 6) is 0.898. The predicted octanol–water partition coefficient (Wildman–Crippen LogP) is 2.17. The van der Waals surface area contributed by atoms with E-state index >= 15 is 0 Å². The molecule has 0 unspecified atom stereocenters. The normalized spacial score (nSPS) is 10.7. The van der Waals surface area contributed by atoms with Gasteiger partial charge in [-0.1, -0.05) is 24.3 Å². The van der Waals surface area contributed by atoms with Gasteiger partial charge < -0.3 is 10.1 Å². The molecule has 0 aliphatic heterocycles. The number of benzene rings is 1. The first-order valence-corrected chi connectivity index (χ1v) is 7.07. The molecule has 1 heterocycles. The summed E-state index contributed by atoms with van der Waals surface area (Å²) in [7, 11) is 0. The molecule has 1 aromatic heterocycles. The van der Waals surface area contributed by atoms with Crippen LogP contribution in [0.4, 0.5) is 0 Å². The van der Waals surface area contributed by atoms with Crippen molar-refractivity contribution in [1.29, 1.82) is 0 Å². The maximum absolute atomic E-state index is 5.69. The largest absolute Gasteiger partial charge is 0.492 e. The van der Waals surface area contributed by atoms with Gasteiger partial charge in [0.25, 0.3) is 0 Å². The molecule has 0 aliphatic carbocycles. The van der Waals surface area contributed by atoms with Crippen LogP contribution in [0, 0.1) is 6.92 Å².